The number of hydrazone groups is 1. The van der Waals surface area contributed by atoms with Crippen molar-refractivity contribution in [3.63, 3.8) is 0 Å². The van der Waals surface area contributed by atoms with E-state index in [1.807, 2.05) is 91.0 Å². The molecule has 4 aromatic carbocycles. The van der Waals surface area contributed by atoms with Crippen molar-refractivity contribution in [3.8, 4) is 0 Å². The third kappa shape index (κ3) is 5.60. The second-order valence-corrected chi connectivity index (χ2v) is 8.00. The highest BCUT2D eigenvalue weighted by atomic mass is 35.5. The fourth-order valence-corrected chi connectivity index (χ4v) is 4.02. The molecule has 3 N–H and O–H groups in total. The van der Waals surface area contributed by atoms with Crippen LogP contribution in [0.15, 0.2) is 108 Å². The average Bonchev–Trinajstić information content (AvgIpc) is 2.87. The highest BCUT2D eigenvalue weighted by Gasteiger charge is 2.28. The molecule has 178 valence electrons. The van der Waals surface area contributed by atoms with Gasteiger partial charge in [-0.2, -0.15) is 5.10 Å². The summed E-state index contributed by atoms with van der Waals surface area (Å²) in [5.74, 6) is -0.676. The second-order valence-electron chi connectivity index (χ2n) is 7.59. The smallest absolute Gasteiger partial charge is 0.101 e. The molecule has 0 saturated carbocycles. The van der Waals surface area contributed by atoms with Crippen LogP contribution in [0.5, 0.6) is 0 Å². The van der Waals surface area contributed by atoms with Crippen LogP contribution in [0, 0.1) is 10.4 Å². The summed E-state index contributed by atoms with van der Waals surface area (Å²) in [6.07, 6.45) is 0. The first-order chi connectivity index (χ1) is 17.0. The molecule has 0 unspecified atom stereocenters. The number of nitrogens with zero attached hydrogens (tertiary/aromatic N) is 3. The van der Waals surface area contributed by atoms with Crippen LogP contribution in [0.2, 0.25) is 5.02 Å². The summed E-state index contributed by atoms with van der Waals surface area (Å²) in [5, 5.41) is 46.7. The van der Waals surface area contributed by atoms with E-state index in [9.17, 15) is 20.8 Å². The van der Waals surface area contributed by atoms with Crippen LogP contribution < -0.4 is 15.9 Å². The van der Waals surface area contributed by atoms with Gasteiger partial charge in [-0.25, -0.2) is 0 Å². The van der Waals surface area contributed by atoms with Crippen molar-refractivity contribution < 1.29 is 10.4 Å². The third-order valence-electron chi connectivity index (χ3n) is 5.37. The van der Waals surface area contributed by atoms with Gasteiger partial charge >= 0.3 is 0 Å². The molecule has 4 aromatic rings. The summed E-state index contributed by atoms with van der Waals surface area (Å²) < 4.78 is 0. The predicted molar refractivity (Wildman–Crippen MR) is 138 cm³/mol. The van der Waals surface area contributed by atoms with E-state index in [4.69, 9.17) is 16.7 Å². The van der Waals surface area contributed by atoms with E-state index < -0.39 is 16.8 Å². The van der Waals surface area contributed by atoms with E-state index in [1.54, 1.807) is 0 Å². The van der Waals surface area contributed by atoms with E-state index >= 15 is 0 Å². The van der Waals surface area contributed by atoms with Crippen LogP contribution in [-0.4, -0.2) is 16.1 Å². The maximum absolute atomic E-state index is 11.5. The minimum Gasteiger partial charge on any atom is -0.769 e. The summed E-state index contributed by atoms with van der Waals surface area (Å²) in [4.78, 5) is 0. The van der Waals surface area contributed by atoms with E-state index in [0.29, 0.717) is 11.3 Å². The number of hydrogen-bond acceptors (Lipinski definition) is 8. The van der Waals surface area contributed by atoms with Gasteiger partial charge in [0.1, 0.15) is 5.69 Å². The van der Waals surface area contributed by atoms with E-state index in [0.717, 1.165) is 22.9 Å². The summed E-state index contributed by atoms with van der Waals surface area (Å²) >= 11 is 6.28. The molecule has 8 nitrogen and oxygen atoms in total. The van der Waals surface area contributed by atoms with Gasteiger partial charge in [0.25, 0.3) is 0 Å². The topological polar surface area (TPSA) is 117 Å². The van der Waals surface area contributed by atoms with Crippen LogP contribution in [-0.2, 0) is 0 Å². The van der Waals surface area contributed by atoms with Gasteiger partial charge in [0.2, 0.25) is 0 Å². The van der Waals surface area contributed by atoms with Crippen molar-refractivity contribution in [3.05, 3.63) is 135 Å². The third-order valence-corrected chi connectivity index (χ3v) is 5.68. The predicted octanol–water partition coefficient (Wildman–Crippen LogP) is 6.38. The standard InChI is InChI=1S/C26H21ClN4O4/c27-22-16-21(23(30(32)33)17-24(22)31(34)35)25(18-10-4-1-5-11-18)26(19-12-6-2-7-13-19)29-28-20-14-8-3-9-15-20/h1-17,25,28,32-33H/q-2/t25-/m1/s1. The van der Waals surface area contributed by atoms with Gasteiger partial charge in [0, 0.05) is 5.69 Å². The Hall–Kier alpha value is -3.92. The maximum atomic E-state index is 11.5. The van der Waals surface area contributed by atoms with E-state index in [1.165, 1.54) is 6.07 Å². The summed E-state index contributed by atoms with van der Waals surface area (Å²) in [5.41, 5.74) is 5.54. The Morgan fingerprint density at radius 3 is 1.94 bits per heavy atom. The first-order valence-electron chi connectivity index (χ1n) is 10.6. The molecular weight excluding hydrogens is 468 g/mol. The van der Waals surface area contributed by atoms with Gasteiger partial charge in [0.05, 0.1) is 22.3 Å². The number of halogens is 1. The van der Waals surface area contributed by atoms with Gasteiger partial charge in [-0.3, -0.25) is 15.8 Å². The lowest BCUT2D eigenvalue weighted by molar-refractivity contribution is 0.0287. The van der Waals surface area contributed by atoms with Gasteiger partial charge in [-0.15, -0.1) is 5.23 Å². The van der Waals surface area contributed by atoms with Gasteiger partial charge in [0.15, 0.2) is 0 Å². The highest BCUT2D eigenvalue weighted by Crippen LogP contribution is 2.40. The number of benzene rings is 4. The van der Waals surface area contributed by atoms with Crippen LogP contribution in [0.3, 0.4) is 0 Å². The Labute approximate surface area is 207 Å². The summed E-state index contributed by atoms with van der Waals surface area (Å²) in [6.45, 7) is 0. The molecule has 0 fully saturated rings. The molecule has 0 spiro atoms. The van der Waals surface area contributed by atoms with Crippen molar-refractivity contribution in [2.24, 2.45) is 5.10 Å². The Morgan fingerprint density at radius 2 is 1.37 bits per heavy atom. The lowest BCUT2D eigenvalue weighted by Crippen LogP contribution is -2.22. The Balaban J connectivity index is 1.97. The van der Waals surface area contributed by atoms with Crippen molar-refractivity contribution in [2.75, 3.05) is 15.9 Å². The minimum absolute atomic E-state index is 0.137. The van der Waals surface area contributed by atoms with Crippen LogP contribution in [0.25, 0.3) is 0 Å². The zero-order valence-electron chi connectivity index (χ0n) is 18.3. The molecule has 0 aromatic heterocycles. The van der Waals surface area contributed by atoms with E-state index in [-0.39, 0.29) is 15.9 Å². The SMILES string of the molecule is [O-]N([O-])c1cc(N(O)O)c([C@H](C(=NNc2ccccc2)c2ccccc2)c2ccccc2)cc1Cl. The van der Waals surface area contributed by atoms with Crippen molar-refractivity contribution in [1.29, 1.82) is 0 Å². The number of nitrogens with one attached hydrogen (secondary N) is 1. The second kappa shape index (κ2) is 11.0. The molecular formula is C26H21ClN4O4-2. The van der Waals surface area contributed by atoms with Crippen molar-refractivity contribution >= 4 is 34.4 Å². The molecule has 0 aliphatic rings. The number of hydrogen-bond donors (Lipinski definition) is 3. The average molecular weight is 489 g/mol. The van der Waals surface area contributed by atoms with Gasteiger partial charge < -0.3 is 15.6 Å². The molecule has 9 heteroatoms. The largest absolute Gasteiger partial charge is 0.769 e. The first-order valence-corrected chi connectivity index (χ1v) is 11.0. The molecule has 0 heterocycles. The maximum Gasteiger partial charge on any atom is 0.101 e. The first kappa shape index (κ1) is 24.2. The zero-order valence-corrected chi connectivity index (χ0v) is 19.1. The van der Waals surface area contributed by atoms with Crippen molar-refractivity contribution in [1.82, 2.24) is 0 Å². The highest BCUT2D eigenvalue weighted by molar-refractivity contribution is 6.33. The molecule has 0 aliphatic carbocycles. The Kier molecular flexibility index (Phi) is 7.61. The zero-order chi connectivity index (χ0) is 24.8. The molecule has 35 heavy (non-hydrogen) atoms. The quantitative estimate of drug-likeness (QED) is 0.194. The number of anilines is 3. The van der Waals surface area contributed by atoms with Crippen LogP contribution in [0.4, 0.5) is 17.1 Å². The Bertz CT molecular complexity index is 1290. The molecule has 4 rings (SSSR count). The minimum atomic E-state index is -0.681. The molecule has 0 bridgehead atoms. The van der Waals surface area contributed by atoms with Crippen molar-refractivity contribution in [2.45, 2.75) is 5.92 Å². The lowest BCUT2D eigenvalue weighted by Gasteiger charge is -2.39. The molecule has 1 atom stereocenters. The van der Waals surface area contributed by atoms with Gasteiger partial charge in [-0.05, 0) is 41.0 Å². The summed E-state index contributed by atoms with van der Waals surface area (Å²) in [7, 11) is 0. The van der Waals surface area contributed by atoms with Crippen LogP contribution >= 0.6 is 11.6 Å². The fraction of sp³-hybridized carbons (Fsp3) is 0.0385. The van der Waals surface area contributed by atoms with Crippen LogP contribution in [0.1, 0.15) is 22.6 Å². The number of rotatable bonds is 8. The molecule has 0 radical (unpaired) electrons. The van der Waals surface area contributed by atoms with Gasteiger partial charge in [-0.1, -0.05) is 90.5 Å². The lowest BCUT2D eigenvalue weighted by atomic mass is 9.83. The number of para-hydroxylation sites is 1. The monoisotopic (exact) mass is 488 g/mol. The molecule has 0 saturated heterocycles. The fourth-order valence-electron chi connectivity index (χ4n) is 3.78. The summed E-state index contributed by atoms with van der Waals surface area (Å²) in [6, 6.07) is 30.4. The molecule has 0 aliphatic heterocycles. The normalized spacial score (nSPS) is 12.2. The Morgan fingerprint density at radius 1 is 0.800 bits per heavy atom. The van der Waals surface area contributed by atoms with E-state index in [2.05, 4.69) is 5.43 Å². The molecule has 0 amide bonds.